The summed E-state index contributed by atoms with van der Waals surface area (Å²) in [5.41, 5.74) is 6.69. The zero-order chi connectivity index (χ0) is 15.1. The van der Waals surface area contributed by atoms with Crippen molar-refractivity contribution in [2.45, 2.75) is 45.8 Å². The number of carbonyl (C=O) groups excluding carboxylic acids is 1. The average molecular weight is 299 g/mol. The fraction of sp³-hybridized carbons (Fsp3) is 0.533. The number of ether oxygens (including phenoxy) is 1. The number of nitrogens with one attached hydrogen (secondary N) is 1. The Labute approximate surface area is 125 Å². The summed E-state index contributed by atoms with van der Waals surface area (Å²) in [5.74, 6) is 0.478. The molecule has 0 saturated carbocycles. The van der Waals surface area contributed by atoms with Crippen LogP contribution in [0, 0.1) is 0 Å². The van der Waals surface area contributed by atoms with E-state index < -0.39 is 6.10 Å². The van der Waals surface area contributed by atoms with Crippen LogP contribution in [0.4, 0.5) is 0 Å². The second kappa shape index (κ2) is 8.12. The summed E-state index contributed by atoms with van der Waals surface area (Å²) in [6, 6.07) is 5.03. The Bertz CT molecular complexity index is 449. The Kier molecular flexibility index (Phi) is 6.82. The number of benzene rings is 1. The molecule has 20 heavy (non-hydrogen) atoms. The predicted molar refractivity (Wildman–Crippen MR) is 82.1 cm³/mol. The van der Waals surface area contributed by atoms with Crippen molar-refractivity contribution in [1.82, 2.24) is 5.32 Å². The van der Waals surface area contributed by atoms with Crippen LogP contribution in [-0.4, -0.2) is 18.6 Å². The molecule has 5 heteroatoms. The molecule has 1 aromatic carbocycles. The molecule has 2 atom stereocenters. The predicted octanol–water partition coefficient (Wildman–Crippen LogP) is 3.04. The lowest BCUT2D eigenvalue weighted by Crippen LogP contribution is -2.37. The number of halogens is 1. The second-order valence-electron chi connectivity index (χ2n) is 4.88. The van der Waals surface area contributed by atoms with Crippen LogP contribution in [0.1, 0.15) is 45.2 Å². The van der Waals surface area contributed by atoms with Gasteiger partial charge in [0.2, 0.25) is 0 Å². The average Bonchev–Trinajstić information content (AvgIpc) is 2.40. The number of nitrogens with two attached hydrogens (primary N) is 1. The monoisotopic (exact) mass is 298 g/mol. The molecule has 0 aliphatic carbocycles. The first-order chi connectivity index (χ1) is 9.45. The highest BCUT2D eigenvalue weighted by molar-refractivity contribution is 6.30. The van der Waals surface area contributed by atoms with Crippen molar-refractivity contribution < 1.29 is 9.53 Å². The van der Waals surface area contributed by atoms with E-state index in [1.54, 1.807) is 25.1 Å². The molecule has 1 aromatic rings. The van der Waals surface area contributed by atoms with Gasteiger partial charge in [0.05, 0.1) is 0 Å². The van der Waals surface area contributed by atoms with Gasteiger partial charge in [0, 0.05) is 23.2 Å². The van der Waals surface area contributed by atoms with Gasteiger partial charge in [-0.3, -0.25) is 4.79 Å². The Morgan fingerprint density at radius 2 is 2.15 bits per heavy atom. The Hall–Kier alpha value is -1.26. The zero-order valence-electron chi connectivity index (χ0n) is 12.3. The van der Waals surface area contributed by atoms with E-state index >= 15 is 0 Å². The lowest BCUT2D eigenvalue weighted by Gasteiger charge is -2.19. The van der Waals surface area contributed by atoms with Gasteiger partial charge >= 0.3 is 0 Å². The van der Waals surface area contributed by atoms with Crippen LogP contribution >= 0.6 is 11.6 Å². The first-order valence-electron chi connectivity index (χ1n) is 6.95. The summed E-state index contributed by atoms with van der Waals surface area (Å²) < 4.78 is 5.70. The summed E-state index contributed by atoms with van der Waals surface area (Å²) >= 11 is 5.95. The minimum Gasteiger partial charge on any atom is -0.481 e. The van der Waals surface area contributed by atoms with Crippen molar-refractivity contribution in [2.75, 3.05) is 6.54 Å². The molecular weight excluding hydrogens is 276 g/mol. The molecule has 0 heterocycles. The molecule has 112 valence electrons. The Morgan fingerprint density at radius 3 is 2.75 bits per heavy atom. The number of hydrogen-bond acceptors (Lipinski definition) is 3. The van der Waals surface area contributed by atoms with Crippen LogP contribution in [0.2, 0.25) is 5.02 Å². The van der Waals surface area contributed by atoms with E-state index in [0.29, 0.717) is 17.3 Å². The molecule has 0 aromatic heterocycles. The van der Waals surface area contributed by atoms with Gasteiger partial charge in [0.15, 0.2) is 6.10 Å². The van der Waals surface area contributed by atoms with Crippen molar-refractivity contribution in [3.8, 4) is 5.75 Å². The highest BCUT2D eigenvalue weighted by atomic mass is 35.5. The van der Waals surface area contributed by atoms with Crippen LogP contribution in [0.3, 0.4) is 0 Å². The fourth-order valence-electron chi connectivity index (χ4n) is 1.76. The van der Waals surface area contributed by atoms with E-state index in [1.807, 2.05) is 6.92 Å². The van der Waals surface area contributed by atoms with Crippen molar-refractivity contribution in [2.24, 2.45) is 5.73 Å². The molecule has 3 N–H and O–H groups in total. The quantitative estimate of drug-likeness (QED) is 0.761. The number of carbonyl (C=O) groups is 1. The van der Waals surface area contributed by atoms with Crippen LogP contribution in [0.5, 0.6) is 5.75 Å². The third-order valence-corrected chi connectivity index (χ3v) is 3.20. The molecular formula is C15H23ClN2O2. The summed E-state index contributed by atoms with van der Waals surface area (Å²) in [4.78, 5) is 11.9. The maximum atomic E-state index is 11.9. The van der Waals surface area contributed by atoms with Gasteiger partial charge in [-0.1, -0.05) is 24.9 Å². The summed E-state index contributed by atoms with van der Waals surface area (Å²) in [6.07, 6.45) is 1.44. The summed E-state index contributed by atoms with van der Waals surface area (Å²) in [6.45, 7) is 6.32. The number of hydrogen-bond donors (Lipinski definition) is 2. The van der Waals surface area contributed by atoms with Gasteiger partial charge in [0.1, 0.15) is 5.75 Å². The maximum absolute atomic E-state index is 11.9. The SMILES string of the molecule is CCCCNC(=O)C(C)Oc1ccc(Cl)cc1C(C)N. The van der Waals surface area contributed by atoms with Crippen LogP contribution in [0.25, 0.3) is 0 Å². The topological polar surface area (TPSA) is 64.3 Å². The molecule has 0 spiro atoms. The minimum atomic E-state index is -0.564. The second-order valence-corrected chi connectivity index (χ2v) is 5.31. The molecule has 0 bridgehead atoms. The highest BCUT2D eigenvalue weighted by Gasteiger charge is 2.17. The minimum absolute atomic E-state index is 0.121. The van der Waals surface area contributed by atoms with E-state index in [2.05, 4.69) is 12.2 Å². The van der Waals surface area contributed by atoms with Gasteiger partial charge in [-0.25, -0.2) is 0 Å². The number of rotatable bonds is 7. The van der Waals surface area contributed by atoms with Gasteiger partial charge < -0.3 is 15.8 Å². The molecule has 0 fully saturated rings. The highest BCUT2D eigenvalue weighted by Crippen LogP contribution is 2.28. The van der Waals surface area contributed by atoms with Crippen LogP contribution < -0.4 is 15.8 Å². The van der Waals surface area contributed by atoms with E-state index in [0.717, 1.165) is 18.4 Å². The Balaban J connectivity index is 2.70. The third kappa shape index (κ3) is 5.02. The summed E-state index contributed by atoms with van der Waals surface area (Å²) in [5, 5.41) is 3.44. The third-order valence-electron chi connectivity index (χ3n) is 2.96. The van der Waals surface area contributed by atoms with Gasteiger partial charge in [-0.05, 0) is 38.5 Å². The molecule has 0 aliphatic heterocycles. The van der Waals surface area contributed by atoms with E-state index in [-0.39, 0.29) is 11.9 Å². The molecule has 1 rings (SSSR count). The standard InChI is InChI=1S/C15H23ClN2O2/c1-4-5-8-18-15(19)11(3)20-14-7-6-12(16)9-13(14)10(2)17/h6-7,9-11H,4-5,8,17H2,1-3H3,(H,18,19). The molecule has 0 saturated heterocycles. The molecule has 0 aliphatic rings. The van der Waals surface area contributed by atoms with Crippen molar-refractivity contribution in [3.05, 3.63) is 28.8 Å². The van der Waals surface area contributed by atoms with Crippen LogP contribution in [-0.2, 0) is 4.79 Å². The number of amides is 1. The summed E-state index contributed by atoms with van der Waals surface area (Å²) in [7, 11) is 0. The van der Waals surface area contributed by atoms with Crippen molar-refractivity contribution >= 4 is 17.5 Å². The van der Waals surface area contributed by atoms with E-state index in [4.69, 9.17) is 22.1 Å². The fourth-order valence-corrected chi connectivity index (χ4v) is 1.94. The van der Waals surface area contributed by atoms with Gasteiger partial charge in [0.25, 0.3) is 5.91 Å². The number of unbranched alkanes of at least 4 members (excludes halogenated alkanes) is 1. The van der Waals surface area contributed by atoms with Gasteiger partial charge in [-0.2, -0.15) is 0 Å². The Morgan fingerprint density at radius 1 is 1.45 bits per heavy atom. The first kappa shape index (κ1) is 16.8. The molecule has 4 nitrogen and oxygen atoms in total. The smallest absolute Gasteiger partial charge is 0.260 e. The maximum Gasteiger partial charge on any atom is 0.260 e. The van der Waals surface area contributed by atoms with Crippen molar-refractivity contribution in [3.63, 3.8) is 0 Å². The van der Waals surface area contributed by atoms with E-state index in [1.165, 1.54) is 0 Å². The first-order valence-corrected chi connectivity index (χ1v) is 7.32. The van der Waals surface area contributed by atoms with E-state index in [9.17, 15) is 4.79 Å². The van der Waals surface area contributed by atoms with Crippen molar-refractivity contribution in [1.29, 1.82) is 0 Å². The normalized spacial score (nSPS) is 13.7. The zero-order valence-corrected chi connectivity index (χ0v) is 13.0. The molecule has 2 unspecified atom stereocenters. The molecule has 1 amide bonds. The van der Waals surface area contributed by atoms with Crippen LogP contribution in [0.15, 0.2) is 18.2 Å². The lowest BCUT2D eigenvalue weighted by atomic mass is 10.1. The lowest BCUT2D eigenvalue weighted by molar-refractivity contribution is -0.127. The van der Waals surface area contributed by atoms with Gasteiger partial charge in [-0.15, -0.1) is 0 Å². The largest absolute Gasteiger partial charge is 0.481 e. The molecule has 0 radical (unpaired) electrons.